The van der Waals surface area contributed by atoms with Crippen molar-refractivity contribution in [2.45, 2.75) is 33.2 Å². The fourth-order valence-electron chi connectivity index (χ4n) is 1.82. The fraction of sp³-hybridized carbons (Fsp3) is 0.500. The summed E-state index contributed by atoms with van der Waals surface area (Å²) in [7, 11) is 0. The third kappa shape index (κ3) is 3.13. The Hall–Kier alpha value is -1.69. The molecule has 0 aliphatic rings. The van der Waals surface area contributed by atoms with Gasteiger partial charge in [0.15, 0.2) is 0 Å². The van der Waals surface area contributed by atoms with Gasteiger partial charge in [-0.3, -0.25) is 4.79 Å². The average molecular weight is 232 g/mol. The highest BCUT2D eigenvalue weighted by Gasteiger charge is 2.18. The van der Waals surface area contributed by atoms with Crippen molar-refractivity contribution in [3.8, 4) is 12.3 Å². The molecule has 0 saturated heterocycles. The van der Waals surface area contributed by atoms with Gasteiger partial charge in [0, 0.05) is 18.8 Å². The molecule has 1 aromatic heterocycles. The number of hydrogen-bond acceptors (Lipinski definition) is 1. The first-order chi connectivity index (χ1) is 8.11. The van der Waals surface area contributed by atoms with Crippen molar-refractivity contribution >= 4 is 5.91 Å². The van der Waals surface area contributed by atoms with Crippen LogP contribution < -0.4 is 0 Å². The monoisotopic (exact) mass is 232 g/mol. The molecule has 0 aromatic carbocycles. The molecule has 3 heteroatoms. The number of hydrogen-bond donors (Lipinski definition) is 0. The summed E-state index contributed by atoms with van der Waals surface area (Å²) in [6.07, 6.45) is 8.14. The second-order valence-electron chi connectivity index (χ2n) is 4.33. The Labute approximate surface area is 103 Å². The Kier molecular flexibility index (Phi) is 4.84. The molecule has 17 heavy (non-hydrogen) atoms. The molecule has 0 fully saturated rings. The summed E-state index contributed by atoms with van der Waals surface area (Å²) in [4.78, 5) is 14.0. The van der Waals surface area contributed by atoms with E-state index < -0.39 is 0 Å². The predicted molar refractivity (Wildman–Crippen MR) is 69.8 cm³/mol. The van der Waals surface area contributed by atoms with Crippen LogP contribution in [-0.4, -0.2) is 28.5 Å². The lowest BCUT2D eigenvalue weighted by molar-refractivity contribution is 0.0764. The first-order valence-electron chi connectivity index (χ1n) is 6.01. The lowest BCUT2D eigenvalue weighted by atomic mass is 10.3. The van der Waals surface area contributed by atoms with Gasteiger partial charge in [-0.25, -0.2) is 0 Å². The molecular formula is C14H20N2O. The Balaban J connectivity index is 2.93. The largest absolute Gasteiger partial charge is 0.341 e. The fourth-order valence-corrected chi connectivity index (χ4v) is 1.82. The van der Waals surface area contributed by atoms with Crippen LogP contribution in [0.5, 0.6) is 0 Å². The highest BCUT2D eigenvalue weighted by atomic mass is 16.2. The van der Waals surface area contributed by atoms with Crippen LogP contribution in [0.1, 0.15) is 43.7 Å². The SMILES string of the molecule is C#CCN(CCC)C(=O)c1cccn1C(C)C. The second-order valence-corrected chi connectivity index (χ2v) is 4.33. The number of aromatic nitrogens is 1. The van der Waals surface area contributed by atoms with E-state index in [2.05, 4.69) is 19.8 Å². The number of nitrogens with zero attached hydrogens (tertiary/aromatic N) is 2. The molecule has 1 aromatic rings. The van der Waals surface area contributed by atoms with E-state index in [1.54, 1.807) is 4.90 Å². The standard InChI is InChI=1S/C14H20N2O/c1-5-9-15(10-6-2)14(17)13-8-7-11-16(13)12(3)4/h1,7-8,11-12H,6,9-10H2,2-4H3. The van der Waals surface area contributed by atoms with E-state index in [9.17, 15) is 4.79 Å². The summed E-state index contributed by atoms with van der Waals surface area (Å²) in [5, 5.41) is 0. The molecule has 0 saturated carbocycles. The number of rotatable bonds is 5. The Bertz CT molecular complexity index is 412. The molecule has 0 atom stereocenters. The van der Waals surface area contributed by atoms with Crippen molar-refractivity contribution in [3.63, 3.8) is 0 Å². The summed E-state index contributed by atoms with van der Waals surface area (Å²) >= 11 is 0. The molecule has 0 spiro atoms. The third-order valence-corrected chi connectivity index (χ3v) is 2.62. The molecule has 1 heterocycles. The van der Waals surface area contributed by atoms with Crippen molar-refractivity contribution in [2.24, 2.45) is 0 Å². The Morgan fingerprint density at radius 1 is 1.59 bits per heavy atom. The van der Waals surface area contributed by atoms with Crippen LogP contribution in [0.4, 0.5) is 0 Å². The van der Waals surface area contributed by atoms with Crippen molar-refractivity contribution in [2.75, 3.05) is 13.1 Å². The van der Waals surface area contributed by atoms with Crippen LogP contribution >= 0.6 is 0 Å². The van der Waals surface area contributed by atoms with E-state index in [1.807, 2.05) is 29.8 Å². The quantitative estimate of drug-likeness (QED) is 0.716. The summed E-state index contributed by atoms with van der Waals surface area (Å²) in [6.45, 7) is 7.23. The maximum absolute atomic E-state index is 12.3. The van der Waals surface area contributed by atoms with Crippen LogP contribution in [0.15, 0.2) is 18.3 Å². The predicted octanol–water partition coefficient (Wildman–Crippen LogP) is 2.55. The van der Waals surface area contributed by atoms with E-state index in [1.165, 1.54) is 0 Å². The van der Waals surface area contributed by atoms with Crippen LogP contribution in [0.2, 0.25) is 0 Å². The van der Waals surface area contributed by atoms with E-state index in [4.69, 9.17) is 6.42 Å². The lowest BCUT2D eigenvalue weighted by Crippen LogP contribution is -2.33. The van der Waals surface area contributed by atoms with Crippen molar-refractivity contribution < 1.29 is 4.79 Å². The molecule has 0 radical (unpaired) electrons. The zero-order valence-electron chi connectivity index (χ0n) is 10.8. The Morgan fingerprint density at radius 3 is 2.82 bits per heavy atom. The summed E-state index contributed by atoms with van der Waals surface area (Å²) < 4.78 is 1.97. The second kappa shape index (κ2) is 6.15. The molecule has 0 bridgehead atoms. The molecule has 92 valence electrons. The topological polar surface area (TPSA) is 25.2 Å². The summed E-state index contributed by atoms with van der Waals surface area (Å²) in [5.74, 6) is 2.56. The summed E-state index contributed by atoms with van der Waals surface area (Å²) in [6, 6.07) is 4.02. The highest BCUT2D eigenvalue weighted by Crippen LogP contribution is 2.13. The van der Waals surface area contributed by atoms with Gasteiger partial charge in [-0.2, -0.15) is 0 Å². The lowest BCUT2D eigenvalue weighted by Gasteiger charge is -2.21. The first kappa shape index (κ1) is 13.4. The van der Waals surface area contributed by atoms with E-state index >= 15 is 0 Å². The van der Waals surface area contributed by atoms with Crippen LogP contribution in [0.25, 0.3) is 0 Å². The highest BCUT2D eigenvalue weighted by molar-refractivity contribution is 5.93. The smallest absolute Gasteiger partial charge is 0.271 e. The number of carbonyl (C=O) groups is 1. The van der Waals surface area contributed by atoms with E-state index in [-0.39, 0.29) is 11.9 Å². The van der Waals surface area contributed by atoms with Crippen LogP contribution in [0, 0.1) is 12.3 Å². The van der Waals surface area contributed by atoms with Gasteiger partial charge < -0.3 is 9.47 Å². The first-order valence-corrected chi connectivity index (χ1v) is 6.01. The molecule has 0 aliphatic heterocycles. The minimum absolute atomic E-state index is 0.0171. The number of terminal acetylenes is 1. The normalized spacial score (nSPS) is 10.3. The van der Waals surface area contributed by atoms with Crippen molar-refractivity contribution in [3.05, 3.63) is 24.0 Å². The van der Waals surface area contributed by atoms with Gasteiger partial charge in [-0.15, -0.1) is 6.42 Å². The maximum Gasteiger partial charge on any atom is 0.271 e. The molecular weight excluding hydrogens is 212 g/mol. The molecule has 3 nitrogen and oxygen atoms in total. The maximum atomic E-state index is 12.3. The van der Waals surface area contributed by atoms with Gasteiger partial charge in [-0.05, 0) is 32.4 Å². The van der Waals surface area contributed by atoms with Crippen molar-refractivity contribution in [1.29, 1.82) is 0 Å². The number of amides is 1. The minimum atomic E-state index is 0.0171. The van der Waals surface area contributed by atoms with Gasteiger partial charge in [0.1, 0.15) is 5.69 Å². The molecule has 0 N–H and O–H groups in total. The molecule has 0 aliphatic carbocycles. The Morgan fingerprint density at radius 2 is 2.29 bits per heavy atom. The van der Waals surface area contributed by atoms with E-state index in [0.717, 1.165) is 6.42 Å². The van der Waals surface area contributed by atoms with Crippen LogP contribution in [-0.2, 0) is 0 Å². The third-order valence-electron chi connectivity index (χ3n) is 2.62. The zero-order valence-corrected chi connectivity index (χ0v) is 10.8. The van der Waals surface area contributed by atoms with Gasteiger partial charge in [0.05, 0.1) is 6.54 Å². The summed E-state index contributed by atoms with van der Waals surface area (Å²) in [5.41, 5.74) is 0.712. The van der Waals surface area contributed by atoms with Gasteiger partial charge in [-0.1, -0.05) is 12.8 Å². The molecule has 0 unspecified atom stereocenters. The molecule has 1 rings (SSSR count). The zero-order chi connectivity index (χ0) is 12.8. The minimum Gasteiger partial charge on any atom is -0.341 e. The van der Waals surface area contributed by atoms with E-state index in [0.29, 0.717) is 18.8 Å². The van der Waals surface area contributed by atoms with Crippen molar-refractivity contribution in [1.82, 2.24) is 9.47 Å². The van der Waals surface area contributed by atoms with Gasteiger partial charge in [0.2, 0.25) is 0 Å². The van der Waals surface area contributed by atoms with Gasteiger partial charge >= 0.3 is 0 Å². The van der Waals surface area contributed by atoms with Crippen LogP contribution in [0.3, 0.4) is 0 Å². The molecule has 1 amide bonds. The average Bonchev–Trinajstić information content (AvgIpc) is 2.76. The van der Waals surface area contributed by atoms with Gasteiger partial charge in [0.25, 0.3) is 5.91 Å². The number of carbonyl (C=O) groups excluding carboxylic acids is 1.